The molecule has 0 fully saturated rings. The number of nitrogens with two attached hydrogens (primary N) is 1. The van der Waals surface area contributed by atoms with Crippen LogP contribution in [0.4, 0.5) is 0 Å². The van der Waals surface area contributed by atoms with E-state index >= 15 is 0 Å². The zero-order valence-corrected chi connectivity index (χ0v) is 34.3. The van der Waals surface area contributed by atoms with E-state index in [4.69, 9.17) is 24.8 Å². The van der Waals surface area contributed by atoms with Gasteiger partial charge in [0.2, 0.25) is 0 Å². The highest BCUT2D eigenvalue weighted by molar-refractivity contribution is 7.47. The van der Waals surface area contributed by atoms with Crippen LogP contribution in [0.1, 0.15) is 187 Å². The Morgan fingerprint density at radius 1 is 0.566 bits per heavy atom. The van der Waals surface area contributed by atoms with E-state index in [1.165, 1.54) is 70.6 Å². The van der Waals surface area contributed by atoms with Gasteiger partial charge in [0.15, 0.2) is 6.10 Å². The second-order valence-electron chi connectivity index (χ2n) is 14.1. The SMILES string of the molecule is CCCCCCC/C=C\CCCCCCCC(=O)O[C@H](COC(=O)CCCCCCC/C=C\CCCCCCCC)COP(=O)(O)OC[C@H](N)C(=O)O. The minimum absolute atomic E-state index is 0.151. The summed E-state index contributed by atoms with van der Waals surface area (Å²) in [5.74, 6) is -2.40. The number of hydrogen-bond donors (Lipinski definition) is 3. The van der Waals surface area contributed by atoms with Gasteiger partial charge in [0, 0.05) is 12.8 Å². The molecule has 3 atom stereocenters. The number of phosphoric ester groups is 1. The van der Waals surface area contributed by atoms with Crippen LogP contribution in [0.15, 0.2) is 24.3 Å². The number of aliphatic carboxylic acids is 1. The van der Waals surface area contributed by atoms with Crippen molar-refractivity contribution < 1.29 is 47.5 Å². The minimum Gasteiger partial charge on any atom is -0.480 e. The van der Waals surface area contributed by atoms with Crippen LogP contribution in [0.3, 0.4) is 0 Å². The highest BCUT2D eigenvalue weighted by Crippen LogP contribution is 2.43. The molecule has 4 N–H and O–H groups in total. The Bertz CT molecular complexity index is 1010. The molecule has 53 heavy (non-hydrogen) atoms. The predicted octanol–water partition coefficient (Wildman–Crippen LogP) is 10.7. The van der Waals surface area contributed by atoms with Gasteiger partial charge in [-0.1, -0.05) is 134 Å². The van der Waals surface area contributed by atoms with Crippen LogP contribution in [-0.2, 0) is 37.5 Å². The Balaban J connectivity index is 4.41. The van der Waals surface area contributed by atoms with Crippen LogP contribution in [0.5, 0.6) is 0 Å². The Hall–Kier alpha value is -2.04. The molecule has 0 radical (unpaired) electrons. The fourth-order valence-corrected chi connectivity index (χ4v) is 6.36. The van der Waals surface area contributed by atoms with Gasteiger partial charge < -0.3 is 25.2 Å². The van der Waals surface area contributed by atoms with Gasteiger partial charge in [0.25, 0.3) is 0 Å². The summed E-state index contributed by atoms with van der Waals surface area (Å²) in [5, 5.41) is 8.87. The first-order chi connectivity index (χ1) is 25.6. The number of esters is 2. The van der Waals surface area contributed by atoms with E-state index in [9.17, 15) is 23.8 Å². The summed E-state index contributed by atoms with van der Waals surface area (Å²) in [4.78, 5) is 45.8. The quantitative estimate of drug-likeness (QED) is 0.0235. The standard InChI is InChI=1S/C41H76NO10P/c1-3-5-7-9-11-13-15-17-19-21-22-24-26-28-30-32-39(43)49-34-37(35-50-53(47,48)51-36-38(42)41(45)46)52-40(44)33-31-29-27-25-23-20-18-16-14-12-10-8-6-4-2/h16-19,37-38H,3-15,20-36,42H2,1-2H3,(H,45,46)(H,47,48)/b18-16-,19-17-/t37-,38+/m1/s1. The fraction of sp³-hybridized carbons (Fsp3) is 0.829. The lowest BCUT2D eigenvalue weighted by molar-refractivity contribution is -0.161. The number of rotatable bonds is 39. The Morgan fingerprint density at radius 2 is 0.943 bits per heavy atom. The molecule has 0 aromatic carbocycles. The van der Waals surface area contributed by atoms with E-state index in [-0.39, 0.29) is 19.4 Å². The summed E-state index contributed by atoms with van der Waals surface area (Å²) in [6, 6.07) is -1.52. The molecule has 0 amide bonds. The van der Waals surface area contributed by atoms with E-state index in [0.29, 0.717) is 12.8 Å². The number of carboxylic acids is 1. The molecule has 0 saturated heterocycles. The maximum absolute atomic E-state index is 12.6. The van der Waals surface area contributed by atoms with Gasteiger partial charge in [0.05, 0.1) is 13.2 Å². The lowest BCUT2D eigenvalue weighted by Gasteiger charge is -2.20. The summed E-state index contributed by atoms with van der Waals surface area (Å²) < 4.78 is 32.6. The molecule has 0 aliphatic carbocycles. The molecule has 0 rings (SSSR count). The van der Waals surface area contributed by atoms with Gasteiger partial charge in [-0.3, -0.25) is 23.4 Å². The normalized spacial score (nSPS) is 14.0. The molecule has 0 heterocycles. The summed E-state index contributed by atoms with van der Waals surface area (Å²) >= 11 is 0. The lowest BCUT2D eigenvalue weighted by atomic mass is 10.1. The van der Waals surface area contributed by atoms with Crippen molar-refractivity contribution in [3.8, 4) is 0 Å². The molecule has 0 aromatic heterocycles. The van der Waals surface area contributed by atoms with Crippen LogP contribution in [0, 0.1) is 0 Å². The number of unbranched alkanes of at least 4 members (excludes halogenated alkanes) is 21. The van der Waals surface area contributed by atoms with Crippen molar-refractivity contribution in [2.75, 3.05) is 19.8 Å². The number of phosphoric acid groups is 1. The fourth-order valence-electron chi connectivity index (χ4n) is 5.58. The molecule has 0 aliphatic rings. The number of allylic oxidation sites excluding steroid dienone is 4. The average molecular weight is 774 g/mol. The van der Waals surface area contributed by atoms with Crippen molar-refractivity contribution in [2.24, 2.45) is 5.73 Å². The van der Waals surface area contributed by atoms with E-state index in [0.717, 1.165) is 77.0 Å². The first-order valence-electron chi connectivity index (χ1n) is 20.9. The van der Waals surface area contributed by atoms with Crippen LogP contribution in [-0.4, -0.2) is 59.9 Å². The molecule has 11 nitrogen and oxygen atoms in total. The number of carbonyl (C=O) groups is 3. The van der Waals surface area contributed by atoms with E-state index < -0.39 is 51.1 Å². The molecule has 0 aromatic rings. The number of ether oxygens (including phenoxy) is 2. The van der Waals surface area contributed by atoms with Crippen LogP contribution in [0.2, 0.25) is 0 Å². The molecule has 0 aliphatic heterocycles. The Kier molecular flexibility index (Phi) is 35.5. The molecule has 0 spiro atoms. The van der Waals surface area contributed by atoms with Gasteiger partial charge in [-0.25, -0.2) is 4.57 Å². The van der Waals surface area contributed by atoms with Gasteiger partial charge in [-0.2, -0.15) is 0 Å². The summed E-state index contributed by atoms with van der Waals surface area (Å²) in [5.41, 5.74) is 5.32. The van der Waals surface area contributed by atoms with Crippen LogP contribution in [0.25, 0.3) is 0 Å². The summed E-state index contributed by atoms with van der Waals surface area (Å²) in [6.45, 7) is 2.77. The van der Waals surface area contributed by atoms with Gasteiger partial charge >= 0.3 is 25.7 Å². The minimum atomic E-state index is -4.71. The maximum Gasteiger partial charge on any atom is 0.472 e. The summed E-state index contributed by atoms with van der Waals surface area (Å²) in [7, 11) is -4.71. The van der Waals surface area contributed by atoms with Crippen molar-refractivity contribution in [3.05, 3.63) is 24.3 Å². The van der Waals surface area contributed by atoms with Crippen LogP contribution >= 0.6 is 7.82 Å². The van der Waals surface area contributed by atoms with E-state index in [1.807, 2.05) is 0 Å². The molecule has 310 valence electrons. The average Bonchev–Trinajstić information content (AvgIpc) is 3.13. The highest BCUT2D eigenvalue weighted by Gasteiger charge is 2.28. The third-order valence-electron chi connectivity index (χ3n) is 8.92. The molecule has 1 unspecified atom stereocenters. The summed E-state index contributed by atoms with van der Waals surface area (Å²) in [6.07, 6.45) is 36.7. The van der Waals surface area contributed by atoms with Gasteiger partial charge in [0.1, 0.15) is 12.6 Å². The number of hydrogen-bond acceptors (Lipinski definition) is 9. The number of carbonyl (C=O) groups excluding carboxylic acids is 2. The topological polar surface area (TPSA) is 172 Å². The van der Waals surface area contributed by atoms with Crippen LogP contribution < -0.4 is 5.73 Å². The van der Waals surface area contributed by atoms with Crippen molar-refractivity contribution in [1.29, 1.82) is 0 Å². The zero-order chi connectivity index (χ0) is 39.3. The molecular weight excluding hydrogens is 697 g/mol. The third-order valence-corrected chi connectivity index (χ3v) is 9.87. The molecule has 0 bridgehead atoms. The molecule has 12 heteroatoms. The maximum atomic E-state index is 12.6. The van der Waals surface area contributed by atoms with Gasteiger partial charge in [-0.15, -0.1) is 0 Å². The van der Waals surface area contributed by atoms with Gasteiger partial charge in [-0.05, 0) is 64.2 Å². The second-order valence-corrected chi connectivity index (χ2v) is 15.6. The first kappa shape index (κ1) is 51.0. The largest absolute Gasteiger partial charge is 0.480 e. The molecule has 0 saturated carbocycles. The second kappa shape index (κ2) is 36.9. The molecular formula is C41H76NO10P. The third kappa shape index (κ3) is 36.7. The van der Waals surface area contributed by atoms with Crippen molar-refractivity contribution in [1.82, 2.24) is 0 Å². The van der Waals surface area contributed by atoms with Crippen molar-refractivity contribution in [2.45, 2.75) is 199 Å². The Morgan fingerprint density at radius 3 is 1.38 bits per heavy atom. The number of carboxylic acid groups (broad SMARTS) is 1. The predicted molar refractivity (Wildman–Crippen MR) is 212 cm³/mol. The monoisotopic (exact) mass is 774 g/mol. The Labute approximate surface area is 321 Å². The van der Waals surface area contributed by atoms with E-state index in [2.05, 4.69) is 42.7 Å². The van der Waals surface area contributed by atoms with Crippen molar-refractivity contribution in [3.63, 3.8) is 0 Å². The smallest absolute Gasteiger partial charge is 0.472 e. The zero-order valence-electron chi connectivity index (χ0n) is 33.4. The lowest BCUT2D eigenvalue weighted by Crippen LogP contribution is -2.34. The first-order valence-corrected chi connectivity index (χ1v) is 22.4. The highest BCUT2D eigenvalue weighted by atomic mass is 31.2. The van der Waals surface area contributed by atoms with Crippen molar-refractivity contribution >= 4 is 25.7 Å². The van der Waals surface area contributed by atoms with E-state index in [1.54, 1.807) is 0 Å².